The van der Waals surface area contributed by atoms with Gasteiger partial charge in [-0.1, -0.05) is 37.3 Å². The van der Waals surface area contributed by atoms with E-state index in [1.165, 1.54) is 36.4 Å². The molecule has 2 N–H and O–H groups in total. The van der Waals surface area contributed by atoms with Gasteiger partial charge in [0.2, 0.25) is 11.6 Å². The molecule has 1 aromatic heterocycles. The number of aromatic nitrogens is 1. The van der Waals surface area contributed by atoms with E-state index in [1.54, 1.807) is 0 Å². The second kappa shape index (κ2) is 11.7. The van der Waals surface area contributed by atoms with Crippen LogP contribution in [-0.4, -0.2) is 23.6 Å². The van der Waals surface area contributed by atoms with E-state index in [0.29, 0.717) is 16.8 Å². The highest BCUT2D eigenvalue weighted by atomic mass is 35.5. The molecule has 3 aromatic rings. The summed E-state index contributed by atoms with van der Waals surface area (Å²) in [6, 6.07) is 10.5. The van der Waals surface area contributed by atoms with Crippen LogP contribution in [-0.2, 0) is 4.79 Å². The Bertz CT molecular complexity index is 1330. The van der Waals surface area contributed by atoms with Gasteiger partial charge >= 0.3 is 12.6 Å². The van der Waals surface area contributed by atoms with Gasteiger partial charge in [0.1, 0.15) is 11.7 Å². The zero-order valence-electron chi connectivity index (χ0n) is 20.0. The standard InChI is InChI=1S/C27H24ClF3N2O5/c28-20-10-12-22(38-27(30)31)23(24(20)29)17-7-11-21(33(37)14-17)19(13-15-3-1-2-4-15)25(34)32-18-8-5-16(6-9-18)26(35)36/h5-12,14-15,19,27H,1-4,13H2,(H,32,34)(H,35,36)/t19-/m1/s1. The topological polar surface area (TPSA) is 103 Å². The second-order valence-electron chi connectivity index (χ2n) is 9.09. The van der Waals surface area contributed by atoms with Gasteiger partial charge in [-0.25, -0.2) is 9.18 Å². The third kappa shape index (κ3) is 6.19. The smallest absolute Gasteiger partial charge is 0.387 e. The van der Waals surface area contributed by atoms with Crippen LogP contribution in [0.25, 0.3) is 11.1 Å². The van der Waals surface area contributed by atoms with Crippen molar-refractivity contribution in [3.05, 3.63) is 82.0 Å². The van der Waals surface area contributed by atoms with Gasteiger partial charge in [-0.2, -0.15) is 13.5 Å². The first-order valence-electron chi connectivity index (χ1n) is 11.9. The summed E-state index contributed by atoms with van der Waals surface area (Å²) in [4.78, 5) is 24.4. The summed E-state index contributed by atoms with van der Waals surface area (Å²) in [6.45, 7) is -3.22. The lowest BCUT2D eigenvalue weighted by atomic mass is 9.89. The van der Waals surface area contributed by atoms with Crippen LogP contribution < -0.4 is 14.8 Å². The molecule has 1 aliphatic rings. The molecule has 1 heterocycles. The van der Waals surface area contributed by atoms with Crippen molar-refractivity contribution >= 4 is 29.2 Å². The number of ether oxygens (including phenoxy) is 1. The molecule has 0 aliphatic heterocycles. The summed E-state index contributed by atoms with van der Waals surface area (Å²) >= 11 is 5.85. The Balaban J connectivity index is 1.67. The molecule has 38 heavy (non-hydrogen) atoms. The summed E-state index contributed by atoms with van der Waals surface area (Å²) in [5.41, 5.74) is 0.0641. The number of alkyl halides is 2. The maximum absolute atomic E-state index is 14.8. The number of amides is 1. The Morgan fingerprint density at radius 3 is 2.39 bits per heavy atom. The Hall–Kier alpha value is -3.79. The number of halogens is 4. The Morgan fingerprint density at radius 1 is 1.11 bits per heavy atom. The number of carboxylic acids is 1. The van der Waals surface area contributed by atoms with Crippen LogP contribution in [0.4, 0.5) is 18.9 Å². The van der Waals surface area contributed by atoms with Crippen molar-refractivity contribution < 1.29 is 37.3 Å². The number of carbonyl (C=O) groups excluding carboxylic acids is 1. The van der Waals surface area contributed by atoms with Crippen LogP contribution in [0.2, 0.25) is 5.02 Å². The largest absolute Gasteiger partial charge is 0.618 e. The molecule has 2 aromatic carbocycles. The maximum Gasteiger partial charge on any atom is 0.387 e. The minimum absolute atomic E-state index is 0.0521. The molecule has 200 valence electrons. The lowest BCUT2D eigenvalue weighted by Crippen LogP contribution is -2.37. The summed E-state index contributed by atoms with van der Waals surface area (Å²) in [7, 11) is 0. The summed E-state index contributed by atoms with van der Waals surface area (Å²) in [5.74, 6) is -3.73. The van der Waals surface area contributed by atoms with E-state index in [-0.39, 0.29) is 27.8 Å². The van der Waals surface area contributed by atoms with Crippen LogP contribution >= 0.6 is 11.6 Å². The highest BCUT2D eigenvalue weighted by Gasteiger charge is 2.32. The van der Waals surface area contributed by atoms with E-state index in [1.807, 2.05) is 0 Å². The van der Waals surface area contributed by atoms with Gasteiger partial charge in [-0.15, -0.1) is 0 Å². The highest BCUT2D eigenvalue weighted by molar-refractivity contribution is 6.31. The van der Waals surface area contributed by atoms with Gasteiger partial charge in [0.25, 0.3) is 0 Å². The average molecular weight is 549 g/mol. The van der Waals surface area contributed by atoms with E-state index in [9.17, 15) is 28.0 Å². The monoisotopic (exact) mass is 548 g/mol. The number of anilines is 1. The Morgan fingerprint density at radius 2 is 1.79 bits per heavy atom. The number of benzene rings is 2. The van der Waals surface area contributed by atoms with Crippen molar-refractivity contribution in [3.63, 3.8) is 0 Å². The number of aromatic carboxylic acids is 1. The molecule has 1 aliphatic carbocycles. The van der Waals surface area contributed by atoms with Gasteiger partial charge in [-0.05, 0) is 54.8 Å². The maximum atomic E-state index is 14.8. The van der Waals surface area contributed by atoms with E-state index in [2.05, 4.69) is 10.1 Å². The number of carbonyl (C=O) groups is 2. The first-order valence-corrected chi connectivity index (χ1v) is 12.3. The molecule has 7 nitrogen and oxygen atoms in total. The number of nitrogens with zero attached hydrogens (tertiary/aromatic N) is 1. The van der Waals surface area contributed by atoms with Crippen LogP contribution in [0.15, 0.2) is 54.7 Å². The minimum Gasteiger partial charge on any atom is -0.618 e. The zero-order valence-corrected chi connectivity index (χ0v) is 20.8. The van der Waals surface area contributed by atoms with Gasteiger partial charge in [0, 0.05) is 11.8 Å². The molecule has 0 unspecified atom stereocenters. The molecule has 1 amide bonds. The lowest BCUT2D eigenvalue weighted by Gasteiger charge is -2.20. The molecule has 1 atom stereocenters. The predicted molar refractivity (Wildman–Crippen MR) is 134 cm³/mol. The van der Waals surface area contributed by atoms with E-state index >= 15 is 0 Å². The van der Waals surface area contributed by atoms with Crippen molar-refractivity contribution in [3.8, 4) is 16.9 Å². The van der Waals surface area contributed by atoms with E-state index in [4.69, 9.17) is 16.7 Å². The van der Waals surface area contributed by atoms with Crippen LogP contribution in [0.1, 0.15) is 54.1 Å². The lowest BCUT2D eigenvalue weighted by molar-refractivity contribution is -0.614. The number of carboxylic acid groups (broad SMARTS) is 1. The van der Waals surface area contributed by atoms with Crippen molar-refractivity contribution in [2.75, 3.05) is 5.32 Å². The molecule has 0 radical (unpaired) electrons. The van der Waals surface area contributed by atoms with Crippen molar-refractivity contribution in [1.82, 2.24) is 0 Å². The molecule has 1 fully saturated rings. The second-order valence-corrected chi connectivity index (χ2v) is 9.50. The zero-order chi connectivity index (χ0) is 27.4. The minimum atomic E-state index is -3.22. The first-order chi connectivity index (χ1) is 18.1. The Labute approximate surface area is 221 Å². The molecule has 11 heteroatoms. The molecule has 1 saturated carbocycles. The van der Waals surface area contributed by atoms with Crippen molar-refractivity contribution in [1.29, 1.82) is 0 Å². The van der Waals surface area contributed by atoms with Crippen LogP contribution in [0, 0.1) is 16.9 Å². The molecule has 0 saturated heterocycles. The molecule has 0 bridgehead atoms. The molecule has 4 rings (SSSR count). The molecular weight excluding hydrogens is 525 g/mol. The summed E-state index contributed by atoms with van der Waals surface area (Å²) in [5, 5.41) is 24.6. The number of hydrogen-bond acceptors (Lipinski definition) is 4. The molecule has 0 spiro atoms. The molecular formula is C27H24ClF3N2O5. The van der Waals surface area contributed by atoms with Gasteiger partial charge in [-0.3, -0.25) is 4.79 Å². The average Bonchev–Trinajstić information content (AvgIpc) is 3.38. The normalized spacial score (nSPS) is 14.4. The third-order valence-corrected chi connectivity index (χ3v) is 6.91. The van der Waals surface area contributed by atoms with E-state index < -0.39 is 41.5 Å². The SMILES string of the molecule is O=C(O)c1ccc(NC(=O)[C@H](CC2CCCC2)c2ccc(-c3c(OC(F)F)ccc(Cl)c3F)c[n+]2[O-])cc1. The fraction of sp³-hybridized carbons (Fsp3) is 0.296. The third-order valence-electron chi connectivity index (χ3n) is 6.62. The number of rotatable bonds is 9. The predicted octanol–water partition coefficient (Wildman–Crippen LogP) is 6.38. The van der Waals surface area contributed by atoms with Crippen molar-refractivity contribution in [2.24, 2.45) is 5.92 Å². The highest BCUT2D eigenvalue weighted by Crippen LogP contribution is 2.38. The van der Waals surface area contributed by atoms with Crippen molar-refractivity contribution in [2.45, 2.75) is 44.6 Å². The Kier molecular flexibility index (Phi) is 8.41. The fourth-order valence-electron chi connectivity index (χ4n) is 4.77. The number of nitrogens with one attached hydrogen (secondary N) is 1. The van der Waals surface area contributed by atoms with Gasteiger partial charge in [0.15, 0.2) is 12.0 Å². The summed E-state index contributed by atoms with van der Waals surface area (Å²) in [6.07, 6.45) is 5.26. The van der Waals surface area contributed by atoms with E-state index in [0.717, 1.165) is 44.0 Å². The number of hydrogen-bond donors (Lipinski definition) is 2. The quantitative estimate of drug-likeness (QED) is 0.238. The van der Waals surface area contributed by atoms with Gasteiger partial charge in [0.05, 0.1) is 21.7 Å². The first kappa shape index (κ1) is 27.3. The van der Waals surface area contributed by atoms with Gasteiger partial charge < -0.3 is 20.4 Å². The number of pyridine rings is 1. The van der Waals surface area contributed by atoms with Crippen LogP contribution in [0.5, 0.6) is 5.75 Å². The summed E-state index contributed by atoms with van der Waals surface area (Å²) < 4.78 is 45.5. The fourth-order valence-corrected chi connectivity index (χ4v) is 4.93. The van der Waals surface area contributed by atoms with Crippen LogP contribution in [0.3, 0.4) is 0 Å².